The Kier molecular flexibility index (Phi) is 5.11. The molecule has 2 aromatic heterocycles. The minimum absolute atomic E-state index is 0.346. The zero-order chi connectivity index (χ0) is 30.3. The molecule has 200 valence electrons. The number of aryl methyl sites for hydroxylation is 2. The van der Waals surface area contributed by atoms with Gasteiger partial charge in [-0.1, -0.05) is 51.0 Å². The van der Waals surface area contributed by atoms with Crippen molar-refractivity contribution in [2.45, 2.75) is 77.0 Å². The van der Waals surface area contributed by atoms with E-state index in [0.29, 0.717) is 29.6 Å². The SMILES string of the molecule is [2H]C1([2H])CCC(C)(C)c2c(-c3c(C#N)ccc4c3oc3c(-c5cccc[n+]5C)c(C)ccc34)ccc(C3([2H])CCCC3)c21. The molecular formula is C37H37N2O+. The van der Waals surface area contributed by atoms with Gasteiger partial charge in [-0.2, -0.15) is 5.26 Å². The Balaban J connectivity index is 1.60. The van der Waals surface area contributed by atoms with Gasteiger partial charge >= 0.3 is 0 Å². The summed E-state index contributed by atoms with van der Waals surface area (Å²) in [5.41, 5.74) is 8.74. The van der Waals surface area contributed by atoms with Crippen LogP contribution < -0.4 is 4.57 Å². The van der Waals surface area contributed by atoms with Crippen molar-refractivity contribution in [3.05, 3.63) is 88.6 Å². The quantitative estimate of drug-likeness (QED) is 0.219. The third kappa shape index (κ3) is 3.73. The van der Waals surface area contributed by atoms with Crippen LogP contribution in [0.1, 0.15) is 90.2 Å². The highest BCUT2D eigenvalue weighted by Gasteiger charge is 2.35. The van der Waals surface area contributed by atoms with Gasteiger partial charge in [0.2, 0.25) is 5.69 Å². The number of hydrogen-bond donors (Lipinski definition) is 0. The molecule has 7 rings (SSSR count). The van der Waals surface area contributed by atoms with Crippen LogP contribution in [-0.2, 0) is 18.8 Å². The van der Waals surface area contributed by atoms with Gasteiger partial charge in [0.1, 0.15) is 18.2 Å². The summed E-state index contributed by atoms with van der Waals surface area (Å²) < 4.78 is 36.9. The minimum atomic E-state index is -1.56. The van der Waals surface area contributed by atoms with E-state index in [9.17, 15) is 9.37 Å². The van der Waals surface area contributed by atoms with Gasteiger partial charge in [-0.25, -0.2) is 4.57 Å². The highest BCUT2D eigenvalue weighted by Crippen LogP contribution is 2.50. The Morgan fingerprint density at radius 2 is 1.73 bits per heavy atom. The second-order valence-corrected chi connectivity index (χ2v) is 12.2. The first-order chi connectivity index (χ1) is 20.5. The van der Waals surface area contributed by atoms with Gasteiger partial charge in [0.05, 0.1) is 17.2 Å². The number of nitriles is 1. The fourth-order valence-electron chi connectivity index (χ4n) is 7.15. The molecule has 5 aromatic rings. The fourth-order valence-corrected chi connectivity index (χ4v) is 7.15. The summed E-state index contributed by atoms with van der Waals surface area (Å²) >= 11 is 0. The summed E-state index contributed by atoms with van der Waals surface area (Å²) in [6, 6.07) is 20.7. The van der Waals surface area contributed by atoms with Gasteiger partial charge in [-0.05, 0) is 96.3 Å². The summed E-state index contributed by atoms with van der Waals surface area (Å²) in [5.74, 6) is -0.787. The van der Waals surface area contributed by atoms with Crippen molar-refractivity contribution in [1.82, 2.24) is 0 Å². The predicted octanol–water partition coefficient (Wildman–Crippen LogP) is 9.20. The molecule has 2 aliphatic rings. The molecule has 3 aromatic carbocycles. The zero-order valence-electron chi connectivity index (χ0n) is 26.8. The molecule has 0 atom stereocenters. The first-order valence-electron chi connectivity index (χ1n) is 16.0. The normalized spacial score (nSPS) is 20.0. The van der Waals surface area contributed by atoms with Gasteiger partial charge in [-0.3, -0.25) is 0 Å². The van der Waals surface area contributed by atoms with Gasteiger partial charge in [-0.15, -0.1) is 0 Å². The van der Waals surface area contributed by atoms with Crippen molar-refractivity contribution in [2.75, 3.05) is 0 Å². The number of benzene rings is 3. The molecule has 0 amide bonds. The molecule has 0 N–H and O–H groups in total. The number of pyridine rings is 1. The van der Waals surface area contributed by atoms with Crippen molar-refractivity contribution in [3.63, 3.8) is 0 Å². The first kappa shape index (κ1) is 21.9. The molecule has 0 radical (unpaired) electrons. The maximum absolute atomic E-state index is 10.4. The number of furan rings is 1. The Labute approximate surface area is 241 Å². The van der Waals surface area contributed by atoms with Crippen LogP contribution in [0.25, 0.3) is 44.3 Å². The number of hydrogen-bond acceptors (Lipinski definition) is 2. The molecule has 2 heterocycles. The average molecular weight is 529 g/mol. The predicted molar refractivity (Wildman–Crippen MR) is 162 cm³/mol. The Morgan fingerprint density at radius 3 is 2.48 bits per heavy atom. The lowest BCUT2D eigenvalue weighted by atomic mass is 9.67. The average Bonchev–Trinajstić information content (AvgIpc) is 3.59. The molecular weight excluding hydrogens is 488 g/mol. The van der Waals surface area contributed by atoms with Crippen LogP contribution in [0.15, 0.2) is 65.2 Å². The minimum Gasteiger partial charge on any atom is -0.454 e. The zero-order valence-corrected chi connectivity index (χ0v) is 23.8. The van der Waals surface area contributed by atoms with Gasteiger partial charge in [0, 0.05) is 32.6 Å². The summed E-state index contributed by atoms with van der Waals surface area (Å²) in [5, 5.41) is 12.4. The maximum Gasteiger partial charge on any atom is 0.216 e. The molecule has 0 aliphatic heterocycles. The molecule has 1 saturated carbocycles. The Bertz CT molecular complexity index is 1990. The van der Waals surface area contributed by atoms with E-state index in [4.69, 9.17) is 4.42 Å². The lowest BCUT2D eigenvalue weighted by Crippen LogP contribution is -2.30. The molecule has 0 unspecified atom stereocenters. The van der Waals surface area contributed by atoms with E-state index < -0.39 is 12.3 Å². The van der Waals surface area contributed by atoms with Crippen molar-refractivity contribution in [1.29, 1.82) is 5.26 Å². The van der Waals surface area contributed by atoms with Crippen molar-refractivity contribution in [2.24, 2.45) is 7.05 Å². The van der Waals surface area contributed by atoms with Crippen molar-refractivity contribution in [3.8, 4) is 28.5 Å². The lowest BCUT2D eigenvalue weighted by molar-refractivity contribution is -0.660. The van der Waals surface area contributed by atoms with Crippen molar-refractivity contribution < 1.29 is 13.1 Å². The molecule has 0 spiro atoms. The molecule has 40 heavy (non-hydrogen) atoms. The molecule has 0 bridgehead atoms. The van der Waals surface area contributed by atoms with Crippen molar-refractivity contribution >= 4 is 21.9 Å². The Morgan fingerprint density at radius 1 is 0.975 bits per heavy atom. The van der Waals surface area contributed by atoms with E-state index in [0.717, 1.165) is 81.1 Å². The standard InChI is InChI=1S/C37H37N2O/c1-23-14-16-28-29-17-15-25(22-38)33(36(29)40-35(28)32(23)31-13-7-8-21-39(31)4)30-19-18-26(24-10-5-6-11-24)27-12-9-20-37(2,3)34(27)30/h7-8,13-19,21,24H,5-6,9-12,20H2,1-4H3/q+1/i12D2,24D. The topological polar surface area (TPSA) is 40.8 Å². The van der Waals surface area contributed by atoms with Gasteiger partial charge in [0.15, 0.2) is 6.20 Å². The van der Waals surface area contributed by atoms with E-state index in [-0.39, 0.29) is 5.41 Å². The summed E-state index contributed by atoms with van der Waals surface area (Å²) in [6.45, 7) is 6.46. The third-order valence-corrected chi connectivity index (χ3v) is 9.24. The second kappa shape index (κ2) is 9.34. The van der Waals surface area contributed by atoms with Crippen LogP contribution in [0.3, 0.4) is 0 Å². The maximum atomic E-state index is 10.4. The van der Waals surface area contributed by atoms with Gasteiger partial charge in [0.25, 0.3) is 0 Å². The molecule has 0 saturated heterocycles. The summed E-state index contributed by atoms with van der Waals surface area (Å²) in [6.07, 6.45) is 5.04. The molecule has 1 fully saturated rings. The second-order valence-electron chi connectivity index (χ2n) is 12.2. The number of rotatable bonds is 3. The first-order valence-corrected chi connectivity index (χ1v) is 14.5. The summed E-state index contributed by atoms with van der Waals surface area (Å²) in [4.78, 5) is 0. The largest absolute Gasteiger partial charge is 0.454 e. The highest BCUT2D eigenvalue weighted by atomic mass is 16.3. The number of fused-ring (bicyclic) bond motifs is 4. The Hall–Kier alpha value is -3.90. The van der Waals surface area contributed by atoms with E-state index in [1.165, 1.54) is 0 Å². The molecule has 3 heteroatoms. The van der Waals surface area contributed by atoms with E-state index in [1.807, 2.05) is 43.6 Å². The third-order valence-electron chi connectivity index (χ3n) is 9.24. The summed E-state index contributed by atoms with van der Waals surface area (Å²) in [7, 11) is 2.03. The monoisotopic (exact) mass is 528 g/mol. The smallest absolute Gasteiger partial charge is 0.216 e. The van der Waals surface area contributed by atoms with E-state index >= 15 is 0 Å². The lowest BCUT2D eigenvalue weighted by Gasteiger charge is -2.37. The van der Waals surface area contributed by atoms with E-state index in [2.05, 4.69) is 55.7 Å². The highest BCUT2D eigenvalue weighted by molar-refractivity contribution is 6.14. The van der Waals surface area contributed by atoms with Crippen LogP contribution in [0.5, 0.6) is 0 Å². The van der Waals surface area contributed by atoms with Gasteiger partial charge < -0.3 is 4.42 Å². The number of aromatic nitrogens is 1. The number of nitrogens with zero attached hydrogens (tertiary/aromatic N) is 2. The van der Waals surface area contributed by atoms with Crippen LogP contribution in [0.4, 0.5) is 0 Å². The molecule has 3 nitrogen and oxygen atoms in total. The van der Waals surface area contributed by atoms with E-state index in [1.54, 1.807) is 0 Å². The van der Waals surface area contributed by atoms with Crippen LogP contribution >= 0.6 is 0 Å². The van der Waals surface area contributed by atoms with Crippen LogP contribution in [0, 0.1) is 18.3 Å². The fraction of sp³-hybridized carbons (Fsp3) is 0.351. The van der Waals surface area contributed by atoms with Crippen LogP contribution in [-0.4, -0.2) is 0 Å². The molecule has 2 aliphatic carbocycles. The van der Waals surface area contributed by atoms with Crippen LogP contribution in [0.2, 0.25) is 0 Å².